The first kappa shape index (κ1) is 22.7. The van der Waals surface area contributed by atoms with Crippen molar-refractivity contribution in [3.05, 3.63) is 42.3 Å². The Balaban J connectivity index is 0.00000280. The zero-order chi connectivity index (χ0) is 18.7. The Morgan fingerprint density at radius 2 is 1.93 bits per heavy atom. The average Bonchev–Trinajstić information content (AvgIpc) is 3.38. The Kier molecular flexibility index (Phi) is 10.3. The first-order valence-electron chi connectivity index (χ1n) is 10.1. The minimum atomic E-state index is 0. The first-order chi connectivity index (χ1) is 13.3. The highest BCUT2D eigenvalue weighted by Crippen LogP contribution is 2.18. The number of rotatable bonds is 9. The number of nitrogens with one attached hydrogen (secondary N) is 2. The summed E-state index contributed by atoms with van der Waals surface area (Å²) in [5.74, 6) is 1.48. The van der Waals surface area contributed by atoms with Crippen molar-refractivity contribution >= 4 is 29.9 Å². The van der Waals surface area contributed by atoms with E-state index >= 15 is 0 Å². The van der Waals surface area contributed by atoms with Gasteiger partial charge in [0.25, 0.3) is 0 Å². The van der Waals surface area contributed by atoms with Crippen molar-refractivity contribution in [3.63, 3.8) is 0 Å². The molecule has 2 N–H and O–H groups in total. The molecule has 2 heterocycles. The van der Waals surface area contributed by atoms with Gasteiger partial charge in [-0.1, -0.05) is 18.2 Å². The molecule has 0 saturated carbocycles. The van der Waals surface area contributed by atoms with Crippen LogP contribution in [0.4, 0.5) is 0 Å². The molecule has 0 radical (unpaired) electrons. The van der Waals surface area contributed by atoms with Crippen LogP contribution in [0.15, 0.2) is 46.0 Å². The minimum Gasteiger partial charge on any atom is -0.444 e. The molecule has 3 rings (SSSR count). The molecular weight excluding hydrogens is 465 g/mol. The Labute approximate surface area is 185 Å². The van der Waals surface area contributed by atoms with Crippen LogP contribution in [-0.4, -0.2) is 48.6 Å². The van der Waals surface area contributed by atoms with E-state index in [-0.39, 0.29) is 24.0 Å². The van der Waals surface area contributed by atoms with Crippen LogP contribution in [0.5, 0.6) is 0 Å². The van der Waals surface area contributed by atoms with Crippen LogP contribution in [0.3, 0.4) is 0 Å². The number of aliphatic imine (C=N–C) groups is 1. The summed E-state index contributed by atoms with van der Waals surface area (Å²) in [6.07, 6.45) is 6.80. The van der Waals surface area contributed by atoms with Crippen LogP contribution in [-0.2, 0) is 6.54 Å². The number of benzene rings is 1. The fourth-order valence-electron chi connectivity index (χ4n) is 3.27. The average molecular weight is 497 g/mol. The summed E-state index contributed by atoms with van der Waals surface area (Å²) >= 11 is 0. The quantitative estimate of drug-likeness (QED) is 0.238. The monoisotopic (exact) mass is 497 g/mol. The number of aromatic nitrogens is 1. The predicted octanol–water partition coefficient (Wildman–Crippen LogP) is 3.89. The lowest BCUT2D eigenvalue weighted by atomic mass is 10.2. The molecule has 0 bridgehead atoms. The molecular formula is C21H32IN5O. The van der Waals surface area contributed by atoms with Crippen molar-refractivity contribution in [2.24, 2.45) is 4.99 Å². The Morgan fingerprint density at radius 1 is 1.14 bits per heavy atom. The van der Waals surface area contributed by atoms with Gasteiger partial charge in [-0.15, -0.1) is 24.0 Å². The van der Waals surface area contributed by atoms with Gasteiger partial charge in [0.05, 0.1) is 6.54 Å². The van der Waals surface area contributed by atoms with Crippen molar-refractivity contribution in [3.8, 4) is 11.5 Å². The molecule has 154 valence electrons. The maximum atomic E-state index is 5.58. The number of hydrogen-bond donors (Lipinski definition) is 2. The van der Waals surface area contributed by atoms with Gasteiger partial charge in [-0.05, 0) is 64.4 Å². The molecule has 0 atom stereocenters. The van der Waals surface area contributed by atoms with E-state index in [9.17, 15) is 0 Å². The van der Waals surface area contributed by atoms with Gasteiger partial charge >= 0.3 is 0 Å². The van der Waals surface area contributed by atoms with Crippen LogP contribution in [0, 0.1) is 0 Å². The number of nitrogens with zero attached hydrogens (tertiary/aromatic N) is 3. The fourth-order valence-corrected chi connectivity index (χ4v) is 3.27. The van der Waals surface area contributed by atoms with Crippen molar-refractivity contribution in [1.82, 2.24) is 20.5 Å². The highest BCUT2D eigenvalue weighted by Gasteiger charge is 2.10. The van der Waals surface area contributed by atoms with Crippen LogP contribution >= 0.6 is 24.0 Å². The lowest BCUT2D eigenvalue weighted by Gasteiger charge is -2.15. The normalized spacial score (nSPS) is 14.7. The largest absolute Gasteiger partial charge is 0.444 e. The number of oxazole rings is 1. The van der Waals surface area contributed by atoms with Crippen LogP contribution < -0.4 is 10.6 Å². The predicted molar refractivity (Wildman–Crippen MR) is 125 cm³/mol. The molecule has 7 heteroatoms. The summed E-state index contributed by atoms with van der Waals surface area (Å²) in [4.78, 5) is 11.7. The van der Waals surface area contributed by atoms with Gasteiger partial charge in [-0.2, -0.15) is 0 Å². The zero-order valence-electron chi connectivity index (χ0n) is 16.7. The summed E-state index contributed by atoms with van der Waals surface area (Å²) in [6, 6.07) is 9.93. The van der Waals surface area contributed by atoms with Gasteiger partial charge in [0.15, 0.2) is 5.96 Å². The Hall–Kier alpha value is -1.61. The van der Waals surface area contributed by atoms with E-state index in [1.165, 1.54) is 38.9 Å². The zero-order valence-corrected chi connectivity index (χ0v) is 19.0. The van der Waals surface area contributed by atoms with E-state index in [1.807, 2.05) is 30.3 Å². The molecule has 28 heavy (non-hydrogen) atoms. The molecule has 6 nitrogen and oxygen atoms in total. The maximum Gasteiger partial charge on any atom is 0.226 e. The van der Waals surface area contributed by atoms with Crippen molar-refractivity contribution < 1.29 is 4.42 Å². The van der Waals surface area contributed by atoms with E-state index in [1.54, 1.807) is 6.26 Å². The number of hydrogen-bond acceptors (Lipinski definition) is 4. The van der Waals surface area contributed by atoms with Gasteiger partial charge in [-0.25, -0.2) is 9.98 Å². The molecule has 2 aromatic rings. The van der Waals surface area contributed by atoms with Gasteiger partial charge in [-0.3, -0.25) is 0 Å². The van der Waals surface area contributed by atoms with E-state index in [4.69, 9.17) is 4.42 Å². The second kappa shape index (κ2) is 12.8. The van der Waals surface area contributed by atoms with Crippen molar-refractivity contribution in [1.29, 1.82) is 0 Å². The molecule has 0 spiro atoms. The molecule has 1 fully saturated rings. The number of guanidine groups is 1. The second-order valence-corrected chi connectivity index (χ2v) is 6.89. The van der Waals surface area contributed by atoms with Crippen LogP contribution in [0.1, 0.15) is 38.3 Å². The first-order valence-corrected chi connectivity index (χ1v) is 10.1. The summed E-state index contributed by atoms with van der Waals surface area (Å²) in [5, 5.41) is 6.71. The summed E-state index contributed by atoms with van der Waals surface area (Å²) in [5.41, 5.74) is 1.82. The molecule has 0 aliphatic carbocycles. The highest BCUT2D eigenvalue weighted by molar-refractivity contribution is 14.0. The third-order valence-electron chi connectivity index (χ3n) is 4.71. The van der Waals surface area contributed by atoms with Gasteiger partial charge < -0.3 is 20.0 Å². The van der Waals surface area contributed by atoms with Gasteiger partial charge in [0, 0.05) is 18.7 Å². The smallest absolute Gasteiger partial charge is 0.226 e. The lowest BCUT2D eigenvalue weighted by molar-refractivity contribution is 0.330. The number of likely N-dealkylation sites (tertiary alicyclic amines) is 1. The minimum absolute atomic E-state index is 0. The number of unbranched alkanes of at least 4 members (excludes halogenated alkanes) is 1. The topological polar surface area (TPSA) is 65.7 Å². The fraction of sp³-hybridized carbons (Fsp3) is 0.524. The third-order valence-corrected chi connectivity index (χ3v) is 4.71. The van der Waals surface area contributed by atoms with Gasteiger partial charge in [0.1, 0.15) is 12.0 Å². The summed E-state index contributed by atoms with van der Waals surface area (Å²) in [7, 11) is 0. The summed E-state index contributed by atoms with van der Waals surface area (Å²) in [6.45, 7) is 8.13. The van der Waals surface area contributed by atoms with E-state index in [0.717, 1.165) is 36.7 Å². The second-order valence-electron chi connectivity index (χ2n) is 6.89. The SMILES string of the molecule is CCNC(=NCc1coc(-c2ccccc2)n1)NCCCCN1CCCC1.I. The molecule has 1 aromatic heterocycles. The lowest BCUT2D eigenvalue weighted by Crippen LogP contribution is -2.38. The molecule has 0 unspecified atom stereocenters. The van der Waals surface area contributed by atoms with Crippen LogP contribution in [0.2, 0.25) is 0 Å². The third kappa shape index (κ3) is 7.43. The van der Waals surface area contributed by atoms with E-state index in [0.29, 0.717) is 12.4 Å². The Bertz CT molecular complexity index is 698. The van der Waals surface area contributed by atoms with E-state index in [2.05, 4.69) is 32.4 Å². The maximum absolute atomic E-state index is 5.58. The highest BCUT2D eigenvalue weighted by atomic mass is 127. The molecule has 0 amide bonds. The molecule has 1 aliphatic heterocycles. The molecule has 1 aliphatic rings. The Morgan fingerprint density at radius 3 is 2.68 bits per heavy atom. The molecule has 1 saturated heterocycles. The molecule has 1 aromatic carbocycles. The van der Waals surface area contributed by atoms with Crippen molar-refractivity contribution in [2.45, 2.75) is 39.2 Å². The van der Waals surface area contributed by atoms with Crippen LogP contribution in [0.25, 0.3) is 11.5 Å². The summed E-state index contributed by atoms with van der Waals surface area (Å²) < 4.78 is 5.58. The van der Waals surface area contributed by atoms with Crippen molar-refractivity contribution in [2.75, 3.05) is 32.7 Å². The van der Waals surface area contributed by atoms with Gasteiger partial charge in [0.2, 0.25) is 5.89 Å². The number of halogens is 1. The van der Waals surface area contributed by atoms with E-state index < -0.39 is 0 Å². The standard InChI is InChI=1S/C21H31N5O.HI/c1-2-22-21(23-12-6-7-13-26-14-8-9-15-26)24-16-19-17-27-20(25-19)18-10-4-3-5-11-18;/h3-5,10-11,17H,2,6-9,12-16H2,1H3,(H2,22,23,24);1H.